The number of carbonyl (C=O) groups excluding carboxylic acids is 1. The number of ketones is 1. The van der Waals surface area contributed by atoms with Crippen molar-refractivity contribution in [3.8, 4) is 0 Å². The van der Waals surface area contributed by atoms with Gasteiger partial charge in [-0.05, 0) is 43.0 Å². The first kappa shape index (κ1) is 11.7. The molecule has 1 atom stereocenters. The van der Waals surface area contributed by atoms with E-state index in [1.54, 1.807) is 0 Å². The van der Waals surface area contributed by atoms with E-state index in [4.69, 9.17) is 0 Å². The van der Waals surface area contributed by atoms with Gasteiger partial charge in [-0.3, -0.25) is 9.69 Å². The Kier molecular flexibility index (Phi) is 3.08. The zero-order valence-electron chi connectivity index (χ0n) is 10.9. The van der Waals surface area contributed by atoms with E-state index in [0.717, 1.165) is 24.7 Å². The largest absolute Gasteiger partial charge is 0.358 e. The minimum absolute atomic E-state index is 0.195. The molecule has 3 rings (SSSR count). The molecule has 0 amide bonds. The number of fused-ring (bicyclic) bond motifs is 1. The Balaban J connectivity index is 1.79. The van der Waals surface area contributed by atoms with Crippen molar-refractivity contribution in [2.75, 3.05) is 13.1 Å². The lowest BCUT2D eigenvalue weighted by Gasteiger charge is -2.28. The van der Waals surface area contributed by atoms with E-state index in [-0.39, 0.29) is 5.78 Å². The van der Waals surface area contributed by atoms with E-state index in [9.17, 15) is 4.79 Å². The molecule has 0 saturated carbocycles. The fraction of sp³-hybridized carbons (Fsp3) is 0.533. The van der Waals surface area contributed by atoms with Crippen LogP contribution in [0.15, 0.2) is 18.3 Å². The second-order valence-corrected chi connectivity index (χ2v) is 5.30. The normalized spacial score (nSPS) is 23.8. The number of nitrogens with zero attached hydrogens (tertiary/aromatic N) is 1. The summed E-state index contributed by atoms with van der Waals surface area (Å²) in [5.74, 6) is 0.195. The third-order valence-electron chi connectivity index (χ3n) is 4.20. The van der Waals surface area contributed by atoms with Crippen LogP contribution in [-0.2, 0) is 0 Å². The Labute approximate surface area is 108 Å². The minimum Gasteiger partial charge on any atom is -0.358 e. The van der Waals surface area contributed by atoms with Crippen molar-refractivity contribution in [3.63, 3.8) is 0 Å². The van der Waals surface area contributed by atoms with Crippen molar-refractivity contribution in [2.45, 2.75) is 38.6 Å². The molecular weight excluding hydrogens is 224 g/mol. The van der Waals surface area contributed by atoms with Crippen LogP contribution in [-0.4, -0.2) is 34.8 Å². The zero-order chi connectivity index (χ0) is 12.5. The number of Topliss-reactive ketones (excluding diaryl/α,β-unsaturated/α-hetero) is 1. The van der Waals surface area contributed by atoms with E-state index in [0.29, 0.717) is 6.42 Å². The molecule has 3 nitrogen and oxygen atoms in total. The van der Waals surface area contributed by atoms with Crippen molar-refractivity contribution in [3.05, 3.63) is 29.6 Å². The first-order valence-electron chi connectivity index (χ1n) is 6.93. The van der Waals surface area contributed by atoms with Gasteiger partial charge in [0.05, 0.1) is 5.69 Å². The highest BCUT2D eigenvalue weighted by atomic mass is 16.1. The summed E-state index contributed by atoms with van der Waals surface area (Å²) in [5, 5.41) is 0. The molecular formula is C15H20N2O. The Bertz CT molecular complexity index is 486. The number of carbonyl (C=O) groups is 1. The molecule has 1 N–H and O–H groups in total. The van der Waals surface area contributed by atoms with Gasteiger partial charge in [0.15, 0.2) is 5.78 Å². The first-order chi connectivity index (χ1) is 8.78. The Morgan fingerprint density at radius 1 is 1.56 bits per heavy atom. The summed E-state index contributed by atoms with van der Waals surface area (Å²) in [6, 6.07) is 2.74. The lowest BCUT2D eigenvalue weighted by Crippen LogP contribution is -2.32. The summed E-state index contributed by atoms with van der Waals surface area (Å²) in [4.78, 5) is 17.3. The summed E-state index contributed by atoms with van der Waals surface area (Å²) in [6.45, 7) is 4.22. The van der Waals surface area contributed by atoms with Crippen LogP contribution in [0.25, 0.3) is 5.57 Å². The highest BCUT2D eigenvalue weighted by molar-refractivity contribution is 5.95. The molecule has 1 saturated heterocycles. The average Bonchev–Trinajstić information content (AvgIpc) is 3.05. The molecule has 18 heavy (non-hydrogen) atoms. The second-order valence-electron chi connectivity index (χ2n) is 5.30. The van der Waals surface area contributed by atoms with E-state index in [1.165, 1.54) is 30.5 Å². The van der Waals surface area contributed by atoms with Crippen LogP contribution in [0.1, 0.15) is 48.7 Å². The quantitative estimate of drug-likeness (QED) is 0.830. The fourth-order valence-electron chi connectivity index (χ4n) is 3.10. The van der Waals surface area contributed by atoms with Crippen molar-refractivity contribution >= 4 is 11.4 Å². The van der Waals surface area contributed by atoms with Gasteiger partial charge in [0, 0.05) is 25.2 Å². The Morgan fingerprint density at radius 3 is 3.28 bits per heavy atom. The molecule has 0 radical (unpaired) electrons. The maximum Gasteiger partial charge on any atom is 0.178 e. The van der Waals surface area contributed by atoms with Crippen molar-refractivity contribution in [1.29, 1.82) is 0 Å². The molecule has 0 spiro atoms. The summed E-state index contributed by atoms with van der Waals surface area (Å²) in [5.41, 5.74) is 3.37. The van der Waals surface area contributed by atoms with Crippen molar-refractivity contribution in [2.24, 2.45) is 0 Å². The van der Waals surface area contributed by atoms with Crippen LogP contribution >= 0.6 is 0 Å². The van der Waals surface area contributed by atoms with Crippen LogP contribution in [0, 0.1) is 0 Å². The predicted molar refractivity (Wildman–Crippen MR) is 72.6 cm³/mol. The van der Waals surface area contributed by atoms with Gasteiger partial charge in [-0.2, -0.15) is 0 Å². The summed E-state index contributed by atoms with van der Waals surface area (Å²) < 4.78 is 0. The van der Waals surface area contributed by atoms with Crippen LogP contribution in [0.5, 0.6) is 0 Å². The van der Waals surface area contributed by atoms with Crippen LogP contribution in [0.2, 0.25) is 0 Å². The molecule has 0 aliphatic carbocycles. The van der Waals surface area contributed by atoms with E-state index in [1.807, 2.05) is 19.2 Å². The second kappa shape index (κ2) is 4.73. The number of hydrogen-bond acceptors (Lipinski definition) is 2. The number of H-pyrrole nitrogens is 1. The molecule has 3 heteroatoms. The molecule has 1 aromatic rings. The topological polar surface area (TPSA) is 36.1 Å². The summed E-state index contributed by atoms with van der Waals surface area (Å²) in [6.07, 6.45) is 8.67. The number of aromatic nitrogens is 1. The molecule has 2 aliphatic heterocycles. The Hall–Kier alpha value is -1.35. The Morgan fingerprint density at radius 2 is 2.44 bits per heavy atom. The van der Waals surface area contributed by atoms with Crippen LogP contribution in [0.3, 0.4) is 0 Å². The summed E-state index contributed by atoms with van der Waals surface area (Å²) in [7, 11) is 0. The average molecular weight is 244 g/mol. The van der Waals surface area contributed by atoms with Gasteiger partial charge in [-0.25, -0.2) is 0 Å². The lowest BCUT2D eigenvalue weighted by molar-refractivity contribution is 0.0984. The van der Waals surface area contributed by atoms with Gasteiger partial charge in [-0.15, -0.1) is 0 Å². The van der Waals surface area contributed by atoms with Gasteiger partial charge >= 0.3 is 0 Å². The zero-order valence-corrected chi connectivity index (χ0v) is 10.9. The number of nitrogens with one attached hydrogen (secondary N) is 1. The maximum atomic E-state index is 11.6. The standard InChI is InChI=1S/C15H20N2O/c1-2-15(18)14-9-12(10-16-14)11-5-7-17-6-3-4-13(17)8-11/h5,9-10,13,16H,2-4,6-8H2,1H3. The highest BCUT2D eigenvalue weighted by Crippen LogP contribution is 2.32. The SMILES string of the molecule is CCC(=O)c1cc(C2=CCN3CCCC3C2)c[nH]1. The first-order valence-corrected chi connectivity index (χ1v) is 6.93. The van der Waals surface area contributed by atoms with E-state index in [2.05, 4.69) is 16.0 Å². The monoisotopic (exact) mass is 244 g/mol. The van der Waals surface area contributed by atoms with Gasteiger partial charge in [-0.1, -0.05) is 13.0 Å². The molecule has 3 heterocycles. The minimum atomic E-state index is 0.195. The number of hydrogen-bond donors (Lipinski definition) is 1. The molecule has 1 fully saturated rings. The molecule has 0 aromatic carbocycles. The maximum absolute atomic E-state index is 11.6. The summed E-state index contributed by atoms with van der Waals surface area (Å²) >= 11 is 0. The third kappa shape index (κ3) is 2.03. The molecule has 2 aliphatic rings. The number of aromatic amines is 1. The van der Waals surface area contributed by atoms with E-state index >= 15 is 0 Å². The molecule has 1 aromatic heterocycles. The fourth-order valence-corrected chi connectivity index (χ4v) is 3.10. The third-order valence-corrected chi connectivity index (χ3v) is 4.20. The highest BCUT2D eigenvalue weighted by Gasteiger charge is 2.28. The van der Waals surface area contributed by atoms with Gasteiger partial charge in [0.1, 0.15) is 0 Å². The number of rotatable bonds is 3. The molecule has 0 bridgehead atoms. The van der Waals surface area contributed by atoms with Gasteiger partial charge in [0.25, 0.3) is 0 Å². The van der Waals surface area contributed by atoms with Gasteiger partial charge in [0.2, 0.25) is 0 Å². The smallest absolute Gasteiger partial charge is 0.178 e. The van der Waals surface area contributed by atoms with Crippen LogP contribution in [0.4, 0.5) is 0 Å². The molecule has 1 unspecified atom stereocenters. The lowest BCUT2D eigenvalue weighted by atomic mass is 9.95. The predicted octanol–water partition coefficient (Wildman–Crippen LogP) is 2.86. The van der Waals surface area contributed by atoms with Crippen LogP contribution < -0.4 is 0 Å². The van der Waals surface area contributed by atoms with E-state index < -0.39 is 0 Å². The van der Waals surface area contributed by atoms with Crippen molar-refractivity contribution < 1.29 is 4.79 Å². The van der Waals surface area contributed by atoms with Crippen molar-refractivity contribution in [1.82, 2.24) is 9.88 Å². The van der Waals surface area contributed by atoms with Gasteiger partial charge < -0.3 is 4.98 Å². The molecule has 96 valence electrons.